The molecule has 27 heavy (non-hydrogen) atoms. The van der Waals surface area contributed by atoms with Crippen molar-refractivity contribution in [2.45, 2.75) is 18.9 Å². The summed E-state index contributed by atoms with van der Waals surface area (Å²) in [7, 11) is 2.19. The van der Waals surface area contributed by atoms with Gasteiger partial charge in [-0.1, -0.05) is 47.7 Å². The van der Waals surface area contributed by atoms with Crippen molar-refractivity contribution < 1.29 is 14.4 Å². The Morgan fingerprint density at radius 1 is 1.15 bits per heavy atom. The summed E-state index contributed by atoms with van der Waals surface area (Å²) in [5.41, 5.74) is 2.91. The van der Waals surface area contributed by atoms with Crippen LogP contribution in [-0.2, 0) is 17.8 Å². The van der Waals surface area contributed by atoms with E-state index >= 15 is 0 Å². The standard InChI is InChI=1S/C21H19N3O2S/c1-24-11-10-15-18(12-24)27-21(22-15)23-20(25)19-13-6-2-4-8-16(13)26-17-9-5-3-7-14(17)19/h2-9,19H,10-12H2,1H3,(H,22,23,25)/p+1. The van der Waals surface area contributed by atoms with Crippen molar-refractivity contribution >= 4 is 22.4 Å². The van der Waals surface area contributed by atoms with Crippen molar-refractivity contribution in [2.24, 2.45) is 0 Å². The van der Waals surface area contributed by atoms with E-state index in [9.17, 15) is 4.79 Å². The van der Waals surface area contributed by atoms with Gasteiger partial charge in [0.1, 0.15) is 18.0 Å². The highest BCUT2D eigenvalue weighted by molar-refractivity contribution is 7.15. The number of hydrogen-bond acceptors (Lipinski definition) is 4. The number of anilines is 1. The molecule has 1 atom stereocenters. The number of ether oxygens (including phenoxy) is 1. The number of benzene rings is 2. The zero-order valence-electron chi connectivity index (χ0n) is 15.0. The Balaban J connectivity index is 1.49. The van der Waals surface area contributed by atoms with Gasteiger partial charge in [0.25, 0.3) is 0 Å². The van der Waals surface area contributed by atoms with Crippen LogP contribution in [0.3, 0.4) is 0 Å². The number of hydrogen-bond donors (Lipinski definition) is 2. The maximum absolute atomic E-state index is 13.3. The molecule has 0 saturated heterocycles. The van der Waals surface area contributed by atoms with Gasteiger partial charge < -0.3 is 15.0 Å². The first-order valence-electron chi connectivity index (χ1n) is 9.15. The summed E-state index contributed by atoms with van der Waals surface area (Å²) < 4.78 is 5.99. The molecule has 3 heterocycles. The first-order valence-corrected chi connectivity index (χ1v) is 9.97. The molecule has 5 rings (SSSR count). The number of carbonyl (C=O) groups is 1. The van der Waals surface area contributed by atoms with Gasteiger partial charge in [0.05, 0.1) is 30.1 Å². The van der Waals surface area contributed by atoms with E-state index in [4.69, 9.17) is 4.74 Å². The third kappa shape index (κ3) is 2.91. The number of fused-ring (bicyclic) bond motifs is 3. The van der Waals surface area contributed by atoms with Gasteiger partial charge in [-0.2, -0.15) is 0 Å². The molecule has 5 nitrogen and oxygen atoms in total. The highest BCUT2D eigenvalue weighted by atomic mass is 32.1. The van der Waals surface area contributed by atoms with E-state index in [0.29, 0.717) is 5.13 Å². The second-order valence-electron chi connectivity index (χ2n) is 7.12. The minimum absolute atomic E-state index is 0.0648. The van der Waals surface area contributed by atoms with Crippen molar-refractivity contribution in [1.82, 2.24) is 4.98 Å². The van der Waals surface area contributed by atoms with E-state index in [0.717, 1.165) is 47.8 Å². The number of likely N-dealkylation sites (N-methyl/N-ethyl adjacent to an activating group) is 1. The zero-order chi connectivity index (χ0) is 18.4. The largest absolute Gasteiger partial charge is 0.457 e. The molecule has 1 amide bonds. The minimum atomic E-state index is -0.402. The molecule has 6 heteroatoms. The van der Waals surface area contributed by atoms with Gasteiger partial charge in [-0.15, -0.1) is 0 Å². The molecule has 136 valence electrons. The fourth-order valence-electron chi connectivity index (χ4n) is 3.83. The Hall–Kier alpha value is -2.70. The van der Waals surface area contributed by atoms with Crippen LogP contribution in [0.25, 0.3) is 0 Å². The van der Waals surface area contributed by atoms with Gasteiger partial charge in [-0.3, -0.25) is 4.79 Å². The highest BCUT2D eigenvalue weighted by Gasteiger charge is 2.33. The van der Waals surface area contributed by atoms with Crippen LogP contribution in [0, 0.1) is 0 Å². The molecule has 1 aromatic heterocycles. The van der Waals surface area contributed by atoms with Gasteiger partial charge in [-0.05, 0) is 12.1 Å². The smallest absolute Gasteiger partial charge is 0.238 e. The Morgan fingerprint density at radius 3 is 2.52 bits per heavy atom. The van der Waals surface area contributed by atoms with Crippen LogP contribution >= 0.6 is 11.3 Å². The second kappa shape index (κ2) is 6.48. The van der Waals surface area contributed by atoms with Crippen LogP contribution < -0.4 is 15.0 Å². The van der Waals surface area contributed by atoms with Gasteiger partial charge in [0.2, 0.25) is 5.91 Å². The molecule has 0 radical (unpaired) electrons. The molecule has 0 spiro atoms. The van der Waals surface area contributed by atoms with Crippen LogP contribution in [0.4, 0.5) is 5.13 Å². The van der Waals surface area contributed by atoms with Gasteiger partial charge in [0.15, 0.2) is 5.13 Å². The molecular formula is C21H20N3O2S+. The van der Waals surface area contributed by atoms with Crippen molar-refractivity contribution in [2.75, 3.05) is 18.9 Å². The van der Waals surface area contributed by atoms with Crippen LogP contribution in [0.2, 0.25) is 0 Å². The summed E-state index contributed by atoms with van der Waals surface area (Å²) in [5, 5.41) is 3.76. The molecule has 1 unspecified atom stereocenters. The number of rotatable bonds is 2. The number of para-hydroxylation sites is 2. The Labute approximate surface area is 161 Å². The monoisotopic (exact) mass is 378 g/mol. The first-order chi connectivity index (χ1) is 13.2. The lowest BCUT2D eigenvalue weighted by atomic mass is 9.87. The number of quaternary nitrogens is 1. The van der Waals surface area contributed by atoms with Crippen LogP contribution in [0.1, 0.15) is 27.6 Å². The molecule has 0 aliphatic carbocycles. The van der Waals surface area contributed by atoms with E-state index in [1.807, 2.05) is 48.5 Å². The number of carbonyl (C=O) groups excluding carboxylic acids is 1. The predicted octanol–water partition coefficient (Wildman–Crippen LogP) is 2.59. The first kappa shape index (κ1) is 16.5. The summed E-state index contributed by atoms with van der Waals surface area (Å²) in [6.45, 7) is 2.07. The molecule has 0 saturated carbocycles. The zero-order valence-corrected chi connectivity index (χ0v) is 15.8. The molecule has 3 aromatic rings. The minimum Gasteiger partial charge on any atom is -0.457 e. The maximum atomic E-state index is 13.3. The van der Waals surface area contributed by atoms with Crippen LogP contribution in [0.15, 0.2) is 48.5 Å². The quantitative estimate of drug-likeness (QED) is 0.721. The number of nitrogens with one attached hydrogen (secondary N) is 2. The van der Waals surface area contributed by atoms with Crippen LogP contribution in [-0.4, -0.2) is 24.5 Å². The number of nitrogens with zero attached hydrogens (tertiary/aromatic N) is 1. The van der Waals surface area contributed by atoms with E-state index < -0.39 is 5.92 Å². The Morgan fingerprint density at radius 2 is 1.81 bits per heavy atom. The van der Waals surface area contributed by atoms with Gasteiger partial charge in [-0.25, -0.2) is 4.98 Å². The molecule has 2 aliphatic heterocycles. The molecule has 0 bridgehead atoms. The average molecular weight is 378 g/mol. The third-order valence-electron chi connectivity index (χ3n) is 5.20. The highest BCUT2D eigenvalue weighted by Crippen LogP contribution is 2.44. The normalized spacial score (nSPS) is 18.0. The lowest BCUT2D eigenvalue weighted by molar-refractivity contribution is -0.895. The van der Waals surface area contributed by atoms with Crippen molar-refractivity contribution in [3.05, 3.63) is 70.2 Å². The van der Waals surface area contributed by atoms with Gasteiger partial charge in [0, 0.05) is 17.5 Å². The Kier molecular flexibility index (Phi) is 3.95. The molecule has 2 aromatic carbocycles. The SMILES string of the molecule is C[NH+]1CCc2nc(NC(=O)C3c4ccccc4Oc4ccccc43)sc2C1. The summed E-state index contributed by atoms with van der Waals surface area (Å²) in [6.07, 6.45) is 0.969. The number of aromatic nitrogens is 1. The summed E-state index contributed by atoms with van der Waals surface area (Å²) in [4.78, 5) is 20.7. The molecular weight excluding hydrogens is 358 g/mol. The maximum Gasteiger partial charge on any atom is 0.238 e. The third-order valence-corrected chi connectivity index (χ3v) is 6.21. The number of thiazole rings is 1. The molecule has 2 aliphatic rings. The predicted molar refractivity (Wildman–Crippen MR) is 105 cm³/mol. The second-order valence-corrected chi connectivity index (χ2v) is 8.21. The topological polar surface area (TPSA) is 55.7 Å². The van der Waals surface area contributed by atoms with Gasteiger partial charge >= 0.3 is 0 Å². The lowest BCUT2D eigenvalue weighted by Crippen LogP contribution is -3.08. The molecule has 0 fully saturated rings. The molecule has 2 N–H and O–H groups in total. The summed E-state index contributed by atoms with van der Waals surface area (Å²) in [6, 6.07) is 15.5. The fourth-order valence-corrected chi connectivity index (χ4v) is 4.96. The summed E-state index contributed by atoms with van der Waals surface area (Å²) >= 11 is 1.60. The van der Waals surface area contributed by atoms with Crippen LogP contribution in [0.5, 0.6) is 11.5 Å². The van der Waals surface area contributed by atoms with Crippen molar-refractivity contribution in [3.63, 3.8) is 0 Å². The summed E-state index contributed by atoms with van der Waals surface area (Å²) in [5.74, 6) is 1.00. The van der Waals surface area contributed by atoms with E-state index in [1.165, 1.54) is 9.78 Å². The van der Waals surface area contributed by atoms with Crippen molar-refractivity contribution in [1.29, 1.82) is 0 Å². The number of amides is 1. The van der Waals surface area contributed by atoms with E-state index in [-0.39, 0.29) is 5.91 Å². The fraction of sp³-hybridized carbons (Fsp3) is 0.238. The van der Waals surface area contributed by atoms with Crippen molar-refractivity contribution in [3.8, 4) is 11.5 Å². The lowest BCUT2D eigenvalue weighted by Gasteiger charge is -2.27. The van der Waals surface area contributed by atoms with E-state index in [1.54, 1.807) is 11.3 Å². The average Bonchev–Trinajstić information content (AvgIpc) is 3.07. The van der Waals surface area contributed by atoms with E-state index in [2.05, 4.69) is 17.3 Å². The Bertz CT molecular complexity index is 984.